The molecule has 1 aliphatic heterocycles. The van der Waals surface area contributed by atoms with Gasteiger partial charge in [0.25, 0.3) is 11.8 Å². The fourth-order valence-corrected chi connectivity index (χ4v) is 2.31. The summed E-state index contributed by atoms with van der Waals surface area (Å²) in [5, 5.41) is 14.3. The molecule has 0 atom stereocenters. The van der Waals surface area contributed by atoms with Crippen LogP contribution in [0.15, 0.2) is 34.9 Å². The van der Waals surface area contributed by atoms with Gasteiger partial charge in [0.15, 0.2) is 11.5 Å². The summed E-state index contributed by atoms with van der Waals surface area (Å²) in [4.78, 5) is 12.3. The minimum atomic E-state index is -0.382. The molecule has 9 heteroatoms. The SMILES string of the molecule is Cn1nccc1-c1nnc(NC(=O)c2ccc3c(c2)OCCO3)o1. The lowest BCUT2D eigenvalue weighted by molar-refractivity contribution is 0.102. The summed E-state index contributed by atoms with van der Waals surface area (Å²) in [7, 11) is 1.76. The summed E-state index contributed by atoms with van der Waals surface area (Å²) < 4.78 is 17.9. The number of rotatable bonds is 3. The maximum Gasteiger partial charge on any atom is 0.322 e. The Kier molecular flexibility index (Phi) is 3.38. The second-order valence-electron chi connectivity index (χ2n) is 5.06. The van der Waals surface area contributed by atoms with E-state index in [9.17, 15) is 4.79 Å². The van der Waals surface area contributed by atoms with Crippen molar-refractivity contribution in [1.29, 1.82) is 0 Å². The lowest BCUT2D eigenvalue weighted by atomic mass is 10.2. The number of nitrogens with zero attached hydrogens (tertiary/aromatic N) is 4. The number of benzene rings is 1. The van der Waals surface area contributed by atoms with Gasteiger partial charge in [-0.15, -0.1) is 5.10 Å². The van der Waals surface area contributed by atoms with E-state index in [2.05, 4.69) is 20.6 Å². The highest BCUT2D eigenvalue weighted by Gasteiger charge is 2.17. The van der Waals surface area contributed by atoms with Crippen LogP contribution >= 0.6 is 0 Å². The lowest BCUT2D eigenvalue weighted by Crippen LogP contribution is -2.17. The molecule has 24 heavy (non-hydrogen) atoms. The molecule has 9 nitrogen and oxygen atoms in total. The molecule has 3 heterocycles. The highest BCUT2D eigenvalue weighted by Crippen LogP contribution is 2.31. The number of carbonyl (C=O) groups excluding carboxylic acids is 1. The molecule has 0 saturated heterocycles. The highest BCUT2D eigenvalue weighted by molar-refractivity contribution is 6.03. The van der Waals surface area contributed by atoms with Gasteiger partial charge in [-0.2, -0.15) is 5.10 Å². The van der Waals surface area contributed by atoms with Crippen molar-refractivity contribution in [2.45, 2.75) is 0 Å². The number of aryl methyl sites for hydroxylation is 1. The van der Waals surface area contributed by atoms with Gasteiger partial charge in [-0.05, 0) is 24.3 Å². The topological polar surface area (TPSA) is 104 Å². The summed E-state index contributed by atoms with van der Waals surface area (Å²) in [6, 6.07) is 6.69. The number of fused-ring (bicyclic) bond motifs is 1. The first-order valence-corrected chi connectivity index (χ1v) is 7.23. The summed E-state index contributed by atoms with van der Waals surface area (Å²) in [5.74, 6) is 1.05. The molecule has 1 aromatic carbocycles. The van der Waals surface area contributed by atoms with Crippen molar-refractivity contribution in [3.63, 3.8) is 0 Å². The van der Waals surface area contributed by atoms with E-state index < -0.39 is 0 Å². The molecule has 0 bridgehead atoms. The third-order valence-corrected chi connectivity index (χ3v) is 3.49. The average Bonchev–Trinajstić information content (AvgIpc) is 3.23. The number of aromatic nitrogens is 4. The van der Waals surface area contributed by atoms with Crippen LogP contribution in [-0.4, -0.2) is 39.1 Å². The third-order valence-electron chi connectivity index (χ3n) is 3.49. The number of ether oxygens (including phenoxy) is 2. The minimum Gasteiger partial charge on any atom is -0.486 e. The number of hydrogen-bond donors (Lipinski definition) is 1. The second-order valence-corrected chi connectivity index (χ2v) is 5.06. The molecule has 1 N–H and O–H groups in total. The average molecular weight is 327 g/mol. The maximum atomic E-state index is 12.3. The molecule has 1 amide bonds. The Balaban J connectivity index is 1.52. The molecule has 0 radical (unpaired) electrons. The van der Waals surface area contributed by atoms with Crippen molar-refractivity contribution >= 4 is 11.9 Å². The van der Waals surface area contributed by atoms with Crippen LogP contribution < -0.4 is 14.8 Å². The van der Waals surface area contributed by atoms with Crippen LogP contribution in [0, 0.1) is 0 Å². The van der Waals surface area contributed by atoms with Gasteiger partial charge in [0.2, 0.25) is 0 Å². The molecule has 0 aliphatic carbocycles. The fraction of sp³-hybridized carbons (Fsp3) is 0.200. The van der Waals surface area contributed by atoms with Gasteiger partial charge in [0.05, 0.1) is 0 Å². The largest absolute Gasteiger partial charge is 0.486 e. The van der Waals surface area contributed by atoms with Crippen molar-refractivity contribution in [3.8, 4) is 23.1 Å². The molecule has 3 aromatic rings. The van der Waals surface area contributed by atoms with Crippen LogP contribution in [0.4, 0.5) is 6.01 Å². The van der Waals surface area contributed by atoms with Crippen LogP contribution in [0.3, 0.4) is 0 Å². The molecular formula is C15H13N5O4. The number of anilines is 1. The van der Waals surface area contributed by atoms with Crippen LogP contribution in [-0.2, 0) is 7.05 Å². The molecule has 1 aliphatic rings. The van der Waals surface area contributed by atoms with Gasteiger partial charge in [0, 0.05) is 18.8 Å². The van der Waals surface area contributed by atoms with E-state index in [4.69, 9.17) is 13.9 Å². The Morgan fingerprint density at radius 3 is 2.79 bits per heavy atom. The predicted octanol–water partition coefficient (Wildman–Crippen LogP) is 1.49. The summed E-state index contributed by atoms with van der Waals surface area (Å²) >= 11 is 0. The van der Waals surface area contributed by atoms with Gasteiger partial charge in [0.1, 0.15) is 18.9 Å². The molecule has 4 rings (SSSR count). The van der Waals surface area contributed by atoms with Crippen molar-refractivity contribution in [2.75, 3.05) is 18.5 Å². The molecule has 0 unspecified atom stereocenters. The Morgan fingerprint density at radius 1 is 1.17 bits per heavy atom. The summed E-state index contributed by atoms with van der Waals surface area (Å²) in [5.41, 5.74) is 1.06. The van der Waals surface area contributed by atoms with Crippen LogP contribution in [0.1, 0.15) is 10.4 Å². The molecular weight excluding hydrogens is 314 g/mol. The maximum absolute atomic E-state index is 12.3. The van der Waals surface area contributed by atoms with Gasteiger partial charge in [-0.1, -0.05) is 5.10 Å². The molecule has 0 spiro atoms. The zero-order valence-corrected chi connectivity index (χ0v) is 12.7. The first kappa shape index (κ1) is 14.2. The predicted molar refractivity (Wildman–Crippen MR) is 81.9 cm³/mol. The van der Waals surface area contributed by atoms with Crippen LogP contribution in [0.25, 0.3) is 11.6 Å². The van der Waals surface area contributed by atoms with Crippen molar-refractivity contribution in [1.82, 2.24) is 20.0 Å². The number of carbonyl (C=O) groups is 1. The van der Waals surface area contributed by atoms with E-state index in [0.29, 0.717) is 36.0 Å². The van der Waals surface area contributed by atoms with Crippen molar-refractivity contribution in [3.05, 3.63) is 36.0 Å². The van der Waals surface area contributed by atoms with Crippen molar-refractivity contribution in [2.24, 2.45) is 7.05 Å². The smallest absolute Gasteiger partial charge is 0.322 e. The molecule has 122 valence electrons. The Labute approximate surface area is 136 Å². The number of nitrogens with one attached hydrogen (secondary N) is 1. The van der Waals surface area contributed by atoms with E-state index in [1.807, 2.05) is 0 Å². The van der Waals surface area contributed by atoms with Gasteiger partial charge >= 0.3 is 6.01 Å². The van der Waals surface area contributed by atoms with Gasteiger partial charge in [-0.25, -0.2) is 0 Å². The van der Waals surface area contributed by atoms with E-state index in [0.717, 1.165) is 0 Å². The second kappa shape index (κ2) is 5.69. The number of amides is 1. The fourth-order valence-electron chi connectivity index (χ4n) is 2.31. The Morgan fingerprint density at radius 2 is 2.00 bits per heavy atom. The van der Waals surface area contributed by atoms with Crippen molar-refractivity contribution < 1.29 is 18.7 Å². The number of hydrogen-bond acceptors (Lipinski definition) is 7. The van der Waals surface area contributed by atoms with Gasteiger partial charge in [-0.3, -0.25) is 14.8 Å². The van der Waals surface area contributed by atoms with E-state index in [-0.39, 0.29) is 17.8 Å². The van der Waals surface area contributed by atoms with Crippen LogP contribution in [0.2, 0.25) is 0 Å². The van der Waals surface area contributed by atoms with Crippen LogP contribution in [0.5, 0.6) is 11.5 Å². The zero-order valence-electron chi connectivity index (χ0n) is 12.7. The quantitative estimate of drug-likeness (QED) is 0.777. The standard InChI is InChI=1S/C15H13N5O4/c1-20-10(4-5-16-20)14-18-19-15(24-14)17-13(21)9-2-3-11-12(8-9)23-7-6-22-11/h2-5,8H,6-7H2,1H3,(H,17,19,21). The Bertz CT molecular complexity index is 901. The van der Waals surface area contributed by atoms with E-state index in [1.165, 1.54) is 0 Å². The third kappa shape index (κ3) is 2.56. The Hall–Kier alpha value is -3.36. The normalized spacial score (nSPS) is 12.9. The van der Waals surface area contributed by atoms with E-state index >= 15 is 0 Å². The lowest BCUT2D eigenvalue weighted by Gasteiger charge is -2.18. The molecule has 0 fully saturated rings. The molecule has 0 saturated carbocycles. The summed E-state index contributed by atoms with van der Waals surface area (Å²) in [6.07, 6.45) is 1.62. The van der Waals surface area contributed by atoms with E-state index in [1.54, 1.807) is 42.2 Å². The first-order valence-electron chi connectivity index (χ1n) is 7.23. The monoisotopic (exact) mass is 327 g/mol. The highest BCUT2D eigenvalue weighted by atomic mass is 16.6. The minimum absolute atomic E-state index is 0.00564. The molecule has 2 aromatic heterocycles. The van der Waals surface area contributed by atoms with Gasteiger partial charge < -0.3 is 13.9 Å². The first-order chi connectivity index (χ1) is 11.7. The zero-order chi connectivity index (χ0) is 16.5. The summed E-state index contributed by atoms with van der Waals surface area (Å²) in [6.45, 7) is 0.951.